The number of benzene rings is 2. The standard InChI is InChI=1S/C20H24N2O3/c1-23-18-5-2-14(3-6-18)8-15-9-16(21)12-22(11-15)17-4-7-19-20(10-17)25-13-24-19/h2-7,10,15-16H,8-9,11-13,21H2,1H3. The second-order valence-corrected chi connectivity index (χ2v) is 6.86. The third-order valence-electron chi connectivity index (χ3n) is 4.97. The van der Waals surface area contributed by atoms with E-state index in [9.17, 15) is 0 Å². The number of methoxy groups -OCH3 is 1. The predicted octanol–water partition coefficient (Wildman–Crippen LogP) is 2.82. The molecule has 5 nitrogen and oxygen atoms in total. The van der Waals surface area contributed by atoms with Crippen molar-refractivity contribution in [1.29, 1.82) is 0 Å². The predicted molar refractivity (Wildman–Crippen MR) is 97.6 cm³/mol. The van der Waals surface area contributed by atoms with Crippen LogP contribution in [-0.2, 0) is 6.42 Å². The van der Waals surface area contributed by atoms with E-state index in [1.807, 2.05) is 18.2 Å². The van der Waals surface area contributed by atoms with Gasteiger partial charge in [-0.1, -0.05) is 12.1 Å². The Morgan fingerprint density at radius 1 is 1.08 bits per heavy atom. The van der Waals surface area contributed by atoms with Crippen LogP contribution in [0.25, 0.3) is 0 Å². The summed E-state index contributed by atoms with van der Waals surface area (Å²) in [5, 5.41) is 0. The number of anilines is 1. The third kappa shape index (κ3) is 3.51. The van der Waals surface area contributed by atoms with Crippen molar-refractivity contribution in [3.05, 3.63) is 48.0 Å². The Morgan fingerprint density at radius 3 is 2.68 bits per heavy atom. The molecule has 0 spiro atoms. The van der Waals surface area contributed by atoms with Crippen LogP contribution < -0.4 is 24.8 Å². The minimum absolute atomic E-state index is 0.183. The third-order valence-corrected chi connectivity index (χ3v) is 4.97. The van der Waals surface area contributed by atoms with Gasteiger partial charge in [0.05, 0.1) is 7.11 Å². The van der Waals surface area contributed by atoms with Crippen molar-refractivity contribution in [3.63, 3.8) is 0 Å². The van der Waals surface area contributed by atoms with E-state index in [2.05, 4.69) is 29.2 Å². The van der Waals surface area contributed by atoms with Crippen molar-refractivity contribution in [2.45, 2.75) is 18.9 Å². The zero-order valence-electron chi connectivity index (χ0n) is 14.5. The van der Waals surface area contributed by atoms with Gasteiger partial charge in [0.1, 0.15) is 5.75 Å². The lowest BCUT2D eigenvalue weighted by molar-refractivity contribution is 0.174. The average molecular weight is 340 g/mol. The Labute approximate surface area is 148 Å². The molecular formula is C20H24N2O3. The molecule has 2 N–H and O–H groups in total. The van der Waals surface area contributed by atoms with Gasteiger partial charge in [-0.25, -0.2) is 0 Å². The van der Waals surface area contributed by atoms with Crippen LogP contribution in [0, 0.1) is 5.92 Å². The zero-order chi connectivity index (χ0) is 17.2. The van der Waals surface area contributed by atoms with Crippen LogP contribution in [0.4, 0.5) is 5.69 Å². The molecule has 1 fully saturated rings. The van der Waals surface area contributed by atoms with Gasteiger partial charge < -0.3 is 24.8 Å². The Balaban J connectivity index is 1.47. The van der Waals surface area contributed by atoms with Crippen molar-refractivity contribution in [3.8, 4) is 17.2 Å². The highest BCUT2D eigenvalue weighted by Gasteiger charge is 2.26. The monoisotopic (exact) mass is 340 g/mol. The van der Waals surface area contributed by atoms with E-state index in [0.717, 1.165) is 48.9 Å². The molecule has 5 heteroatoms. The van der Waals surface area contributed by atoms with Gasteiger partial charge in [-0.15, -0.1) is 0 Å². The van der Waals surface area contributed by atoms with Crippen molar-refractivity contribution >= 4 is 5.69 Å². The molecule has 0 bridgehead atoms. The normalized spacial score (nSPS) is 22.1. The Bertz CT molecular complexity index is 732. The summed E-state index contributed by atoms with van der Waals surface area (Å²) >= 11 is 0. The molecule has 2 aromatic carbocycles. The van der Waals surface area contributed by atoms with Crippen molar-refractivity contribution in [1.82, 2.24) is 0 Å². The van der Waals surface area contributed by atoms with E-state index in [4.69, 9.17) is 19.9 Å². The summed E-state index contributed by atoms with van der Waals surface area (Å²) in [5.74, 6) is 3.07. The van der Waals surface area contributed by atoms with E-state index in [1.165, 1.54) is 5.56 Å². The Morgan fingerprint density at radius 2 is 1.88 bits per heavy atom. The summed E-state index contributed by atoms with van der Waals surface area (Å²) in [4.78, 5) is 2.37. The molecule has 2 unspecified atom stereocenters. The fraction of sp³-hybridized carbons (Fsp3) is 0.400. The first kappa shape index (κ1) is 16.1. The number of nitrogens with zero attached hydrogens (tertiary/aromatic N) is 1. The lowest BCUT2D eigenvalue weighted by atomic mass is 9.88. The number of hydrogen-bond donors (Lipinski definition) is 1. The van der Waals surface area contributed by atoms with Crippen LogP contribution in [0.15, 0.2) is 42.5 Å². The maximum atomic E-state index is 6.35. The second kappa shape index (κ2) is 6.84. The molecule has 0 radical (unpaired) electrons. The lowest BCUT2D eigenvalue weighted by Crippen LogP contribution is -2.47. The Kier molecular flexibility index (Phi) is 4.40. The first-order valence-corrected chi connectivity index (χ1v) is 8.74. The largest absolute Gasteiger partial charge is 0.497 e. The van der Waals surface area contributed by atoms with Crippen molar-refractivity contribution < 1.29 is 14.2 Å². The number of rotatable bonds is 4. The average Bonchev–Trinajstić information content (AvgIpc) is 3.09. The number of nitrogens with two attached hydrogens (primary N) is 1. The maximum Gasteiger partial charge on any atom is 0.231 e. The molecule has 0 aromatic heterocycles. The number of fused-ring (bicyclic) bond motifs is 1. The van der Waals surface area contributed by atoms with Gasteiger partial charge in [0.25, 0.3) is 0 Å². The summed E-state index contributed by atoms with van der Waals surface area (Å²) in [5.41, 5.74) is 8.82. The molecule has 132 valence electrons. The van der Waals surface area contributed by atoms with E-state index in [0.29, 0.717) is 12.7 Å². The van der Waals surface area contributed by atoms with Gasteiger partial charge >= 0.3 is 0 Å². The van der Waals surface area contributed by atoms with Crippen LogP contribution in [0.2, 0.25) is 0 Å². The van der Waals surface area contributed by atoms with E-state index in [-0.39, 0.29) is 6.04 Å². The molecule has 2 aromatic rings. The smallest absolute Gasteiger partial charge is 0.231 e. The first-order chi connectivity index (χ1) is 12.2. The van der Waals surface area contributed by atoms with E-state index in [1.54, 1.807) is 7.11 Å². The van der Waals surface area contributed by atoms with Gasteiger partial charge in [-0.3, -0.25) is 0 Å². The van der Waals surface area contributed by atoms with Gasteiger partial charge in [0.15, 0.2) is 11.5 Å². The minimum atomic E-state index is 0.183. The number of piperidine rings is 1. The summed E-state index contributed by atoms with van der Waals surface area (Å²) in [6, 6.07) is 14.6. The van der Waals surface area contributed by atoms with Gasteiger partial charge in [-0.2, -0.15) is 0 Å². The molecule has 2 aliphatic heterocycles. The lowest BCUT2D eigenvalue weighted by Gasteiger charge is -2.38. The van der Waals surface area contributed by atoms with Gasteiger partial charge in [0.2, 0.25) is 6.79 Å². The number of ether oxygens (including phenoxy) is 3. The summed E-state index contributed by atoms with van der Waals surface area (Å²) < 4.78 is 16.2. The van der Waals surface area contributed by atoms with E-state index >= 15 is 0 Å². The maximum absolute atomic E-state index is 6.35. The highest BCUT2D eigenvalue weighted by atomic mass is 16.7. The molecule has 0 amide bonds. The highest BCUT2D eigenvalue weighted by molar-refractivity contribution is 5.57. The van der Waals surface area contributed by atoms with Gasteiger partial charge in [-0.05, 0) is 48.6 Å². The molecule has 0 saturated carbocycles. The van der Waals surface area contributed by atoms with Crippen LogP contribution in [-0.4, -0.2) is 33.0 Å². The SMILES string of the molecule is COc1ccc(CC2CC(N)CN(c3ccc4c(c3)OCO4)C2)cc1. The zero-order valence-corrected chi connectivity index (χ0v) is 14.5. The molecule has 0 aliphatic carbocycles. The molecular weight excluding hydrogens is 316 g/mol. The first-order valence-electron chi connectivity index (χ1n) is 8.74. The molecule has 2 atom stereocenters. The van der Waals surface area contributed by atoms with Crippen LogP contribution >= 0.6 is 0 Å². The van der Waals surface area contributed by atoms with Crippen LogP contribution in [0.1, 0.15) is 12.0 Å². The van der Waals surface area contributed by atoms with Gasteiger partial charge in [0, 0.05) is 30.9 Å². The number of hydrogen-bond acceptors (Lipinski definition) is 5. The van der Waals surface area contributed by atoms with Crippen molar-refractivity contribution in [2.24, 2.45) is 11.7 Å². The topological polar surface area (TPSA) is 57.0 Å². The molecule has 1 saturated heterocycles. The van der Waals surface area contributed by atoms with Crippen molar-refractivity contribution in [2.75, 3.05) is 31.9 Å². The molecule has 2 heterocycles. The van der Waals surface area contributed by atoms with E-state index < -0.39 is 0 Å². The minimum Gasteiger partial charge on any atom is -0.497 e. The molecule has 25 heavy (non-hydrogen) atoms. The fourth-order valence-corrected chi connectivity index (χ4v) is 3.78. The highest BCUT2D eigenvalue weighted by Crippen LogP contribution is 2.36. The van der Waals surface area contributed by atoms with Crippen LogP contribution in [0.5, 0.6) is 17.2 Å². The summed E-state index contributed by atoms with van der Waals surface area (Å²) in [7, 11) is 1.69. The summed E-state index contributed by atoms with van der Waals surface area (Å²) in [6.45, 7) is 2.18. The second-order valence-electron chi connectivity index (χ2n) is 6.86. The molecule has 2 aliphatic rings. The quantitative estimate of drug-likeness (QED) is 0.927. The fourth-order valence-electron chi connectivity index (χ4n) is 3.78. The summed E-state index contributed by atoms with van der Waals surface area (Å²) in [6.07, 6.45) is 2.08. The Hall–Kier alpha value is -2.40. The molecule has 4 rings (SSSR count). The van der Waals surface area contributed by atoms with Crippen LogP contribution in [0.3, 0.4) is 0 Å².